The van der Waals surface area contributed by atoms with E-state index in [-0.39, 0.29) is 0 Å². The number of hydrogen-bond acceptors (Lipinski definition) is 3. The van der Waals surface area contributed by atoms with Crippen molar-refractivity contribution in [3.8, 4) is 0 Å². The molecule has 1 amide bonds. The molecule has 0 radical (unpaired) electrons. The first kappa shape index (κ1) is 13.2. The zero-order chi connectivity index (χ0) is 12.5. The van der Waals surface area contributed by atoms with Gasteiger partial charge in [0.25, 0.3) is 5.91 Å². The van der Waals surface area contributed by atoms with Crippen LogP contribution in [0.25, 0.3) is 0 Å². The van der Waals surface area contributed by atoms with Crippen molar-refractivity contribution in [3.05, 3.63) is 29.8 Å². The van der Waals surface area contributed by atoms with Crippen LogP contribution in [0.2, 0.25) is 0 Å². The maximum atomic E-state index is 11.3. The summed E-state index contributed by atoms with van der Waals surface area (Å²) in [6.45, 7) is 2.16. The van der Waals surface area contributed by atoms with Gasteiger partial charge < -0.3 is 10.5 Å². The van der Waals surface area contributed by atoms with Crippen LogP contribution in [-0.2, 0) is 11.2 Å². The molecule has 0 saturated carbocycles. The molecule has 0 fully saturated rings. The fourth-order valence-electron chi connectivity index (χ4n) is 1.64. The molecule has 1 aromatic carbocycles. The minimum Gasteiger partial charge on any atom is -0.411 e. The molecule has 0 spiro atoms. The van der Waals surface area contributed by atoms with Gasteiger partial charge >= 0.3 is 0 Å². The van der Waals surface area contributed by atoms with E-state index in [0.29, 0.717) is 0 Å². The standard InChI is InChI=1S/C13H18N2O2/c1-2-3-4-7-11-8-5-6-9-12(11)15-13(16)10-14-17/h5-6,8-10,17H,2-4,7H2,1H3,(H,15,16)/b14-10+. The highest BCUT2D eigenvalue weighted by Gasteiger charge is 2.04. The van der Waals surface area contributed by atoms with Gasteiger partial charge in [0.2, 0.25) is 0 Å². The van der Waals surface area contributed by atoms with Gasteiger partial charge in [-0.25, -0.2) is 0 Å². The molecule has 4 heteroatoms. The second kappa shape index (κ2) is 7.44. The van der Waals surface area contributed by atoms with Crippen molar-refractivity contribution < 1.29 is 10.0 Å². The smallest absolute Gasteiger partial charge is 0.270 e. The number of amides is 1. The number of carbonyl (C=O) groups excluding carboxylic acids is 1. The molecule has 1 rings (SSSR count). The Bertz CT molecular complexity index is 389. The van der Waals surface area contributed by atoms with Crippen molar-refractivity contribution in [2.24, 2.45) is 5.16 Å². The quantitative estimate of drug-likeness (QED) is 0.344. The second-order valence-corrected chi connectivity index (χ2v) is 3.85. The monoisotopic (exact) mass is 234 g/mol. The molecule has 0 heterocycles. The molecule has 0 unspecified atom stereocenters. The Morgan fingerprint density at radius 1 is 1.41 bits per heavy atom. The average molecular weight is 234 g/mol. The Morgan fingerprint density at radius 2 is 2.18 bits per heavy atom. The number of unbranched alkanes of at least 4 members (excludes halogenated alkanes) is 2. The van der Waals surface area contributed by atoms with E-state index in [2.05, 4.69) is 17.4 Å². The fraction of sp³-hybridized carbons (Fsp3) is 0.385. The van der Waals surface area contributed by atoms with Gasteiger partial charge in [-0.15, -0.1) is 0 Å². The number of carbonyl (C=O) groups is 1. The number of nitrogens with one attached hydrogen (secondary N) is 1. The molecule has 0 bridgehead atoms. The summed E-state index contributed by atoms with van der Waals surface area (Å²) in [5.41, 5.74) is 1.90. The maximum Gasteiger partial charge on any atom is 0.270 e. The lowest BCUT2D eigenvalue weighted by Crippen LogP contribution is -2.13. The van der Waals surface area contributed by atoms with E-state index < -0.39 is 5.91 Å². The van der Waals surface area contributed by atoms with Crippen LogP contribution in [0.1, 0.15) is 31.7 Å². The van der Waals surface area contributed by atoms with Crippen LogP contribution in [-0.4, -0.2) is 17.3 Å². The molecule has 2 N–H and O–H groups in total. The summed E-state index contributed by atoms with van der Waals surface area (Å²) in [5.74, 6) is -0.421. The summed E-state index contributed by atoms with van der Waals surface area (Å²) in [6, 6.07) is 7.68. The predicted molar refractivity (Wildman–Crippen MR) is 68.6 cm³/mol. The molecule has 17 heavy (non-hydrogen) atoms. The lowest BCUT2D eigenvalue weighted by Gasteiger charge is -2.09. The van der Waals surface area contributed by atoms with E-state index in [1.807, 2.05) is 24.3 Å². The van der Waals surface area contributed by atoms with Gasteiger partial charge in [-0.2, -0.15) is 0 Å². The Labute approximate surface area is 101 Å². The van der Waals surface area contributed by atoms with Crippen LogP contribution in [0.5, 0.6) is 0 Å². The summed E-state index contributed by atoms with van der Waals surface area (Å²) < 4.78 is 0. The van der Waals surface area contributed by atoms with Crippen LogP contribution < -0.4 is 5.32 Å². The molecule has 4 nitrogen and oxygen atoms in total. The third kappa shape index (κ3) is 4.68. The highest BCUT2D eigenvalue weighted by Crippen LogP contribution is 2.17. The third-order valence-electron chi connectivity index (χ3n) is 2.50. The summed E-state index contributed by atoms with van der Waals surface area (Å²) in [4.78, 5) is 11.3. The molecule has 0 saturated heterocycles. The molecule has 0 aliphatic heterocycles. The number of nitrogens with zero attached hydrogens (tertiary/aromatic N) is 1. The lowest BCUT2D eigenvalue weighted by molar-refractivity contribution is -0.110. The average Bonchev–Trinajstić information content (AvgIpc) is 2.32. The molecular weight excluding hydrogens is 216 g/mol. The van der Waals surface area contributed by atoms with Crippen molar-refractivity contribution in [2.75, 3.05) is 5.32 Å². The number of anilines is 1. The van der Waals surface area contributed by atoms with Gasteiger partial charge in [-0.1, -0.05) is 43.1 Å². The first-order valence-electron chi connectivity index (χ1n) is 5.84. The van der Waals surface area contributed by atoms with E-state index in [0.717, 1.165) is 30.3 Å². The van der Waals surface area contributed by atoms with E-state index in [9.17, 15) is 4.79 Å². The molecule has 0 atom stereocenters. The summed E-state index contributed by atoms with van der Waals surface area (Å²) >= 11 is 0. The molecule has 1 aromatic rings. The third-order valence-corrected chi connectivity index (χ3v) is 2.50. The van der Waals surface area contributed by atoms with E-state index in [1.165, 1.54) is 12.8 Å². The number of para-hydroxylation sites is 1. The zero-order valence-electron chi connectivity index (χ0n) is 10.0. The van der Waals surface area contributed by atoms with Crippen molar-refractivity contribution in [2.45, 2.75) is 32.6 Å². The van der Waals surface area contributed by atoms with Gasteiger partial charge in [0, 0.05) is 5.69 Å². The lowest BCUT2D eigenvalue weighted by atomic mass is 10.1. The Hall–Kier alpha value is -1.84. The van der Waals surface area contributed by atoms with Crippen molar-refractivity contribution in [1.29, 1.82) is 0 Å². The first-order valence-corrected chi connectivity index (χ1v) is 5.84. The Kier molecular flexibility index (Phi) is 5.79. The number of oxime groups is 1. The van der Waals surface area contributed by atoms with E-state index >= 15 is 0 Å². The molecule has 92 valence electrons. The minimum atomic E-state index is -0.421. The topological polar surface area (TPSA) is 61.7 Å². The second-order valence-electron chi connectivity index (χ2n) is 3.85. The normalized spacial score (nSPS) is 10.6. The SMILES string of the molecule is CCCCCc1ccccc1NC(=O)/C=N/O. The van der Waals surface area contributed by atoms with Crippen LogP contribution >= 0.6 is 0 Å². The number of rotatable bonds is 6. The van der Waals surface area contributed by atoms with Crippen LogP contribution in [0.3, 0.4) is 0 Å². The van der Waals surface area contributed by atoms with Gasteiger partial charge in [0.15, 0.2) is 0 Å². The van der Waals surface area contributed by atoms with Gasteiger partial charge in [0.1, 0.15) is 6.21 Å². The number of hydrogen-bond donors (Lipinski definition) is 2. The molecule has 0 aliphatic carbocycles. The largest absolute Gasteiger partial charge is 0.411 e. The Balaban J connectivity index is 2.66. The number of aryl methyl sites for hydroxylation is 1. The highest BCUT2D eigenvalue weighted by molar-refractivity contribution is 6.31. The van der Waals surface area contributed by atoms with Crippen molar-refractivity contribution >= 4 is 17.8 Å². The molecule has 0 aromatic heterocycles. The first-order chi connectivity index (χ1) is 8.27. The van der Waals surface area contributed by atoms with E-state index in [4.69, 9.17) is 5.21 Å². The minimum absolute atomic E-state index is 0.421. The van der Waals surface area contributed by atoms with Crippen LogP contribution in [0.4, 0.5) is 5.69 Å². The van der Waals surface area contributed by atoms with Crippen molar-refractivity contribution in [1.82, 2.24) is 0 Å². The van der Waals surface area contributed by atoms with Crippen LogP contribution in [0.15, 0.2) is 29.4 Å². The fourth-order valence-corrected chi connectivity index (χ4v) is 1.64. The van der Waals surface area contributed by atoms with Crippen LogP contribution in [0, 0.1) is 0 Å². The molecule has 0 aliphatic rings. The summed E-state index contributed by atoms with van der Waals surface area (Å²) in [7, 11) is 0. The highest BCUT2D eigenvalue weighted by atomic mass is 16.4. The van der Waals surface area contributed by atoms with Crippen molar-refractivity contribution in [3.63, 3.8) is 0 Å². The number of benzene rings is 1. The van der Waals surface area contributed by atoms with Gasteiger partial charge in [-0.05, 0) is 24.5 Å². The Morgan fingerprint density at radius 3 is 2.88 bits per heavy atom. The molecular formula is C13H18N2O2. The zero-order valence-corrected chi connectivity index (χ0v) is 10.0. The van der Waals surface area contributed by atoms with Gasteiger partial charge in [0.05, 0.1) is 0 Å². The summed E-state index contributed by atoms with van der Waals surface area (Å²) in [5, 5.41) is 13.7. The predicted octanol–water partition coefficient (Wildman–Crippen LogP) is 2.82. The van der Waals surface area contributed by atoms with Gasteiger partial charge in [-0.3, -0.25) is 4.79 Å². The maximum absolute atomic E-state index is 11.3. The van der Waals surface area contributed by atoms with E-state index in [1.54, 1.807) is 0 Å². The summed E-state index contributed by atoms with van der Waals surface area (Å²) in [6.07, 6.45) is 5.26.